The molecule has 11 nitrogen and oxygen atoms in total. The molecular weight excluding hydrogens is 644 g/mol. The third-order valence-electron chi connectivity index (χ3n) is 7.91. The summed E-state index contributed by atoms with van der Waals surface area (Å²) in [5.74, 6) is 0.799. The number of ether oxygens (including phenoxy) is 8. The number of carbonyl (C=O) groups is 2. The Morgan fingerprint density at radius 1 is 0.720 bits per heavy atom. The molecule has 0 bridgehead atoms. The molecule has 5 unspecified atom stereocenters. The van der Waals surface area contributed by atoms with Crippen LogP contribution in [0, 0.1) is 13.8 Å². The molecule has 0 aliphatic rings. The number of benzene rings is 3. The fourth-order valence-corrected chi connectivity index (χ4v) is 5.34. The predicted octanol–water partition coefficient (Wildman–Crippen LogP) is 7.37. The molecule has 274 valence electrons. The number of hydrogen-bond acceptors (Lipinski definition) is 11. The molecule has 0 heterocycles. The quantitative estimate of drug-likeness (QED) is 0.119. The first-order valence-electron chi connectivity index (χ1n) is 16.9. The Hall–Kier alpha value is -4.48. The van der Waals surface area contributed by atoms with Gasteiger partial charge in [0, 0.05) is 18.8 Å². The molecule has 0 aliphatic heterocycles. The van der Waals surface area contributed by atoms with E-state index in [-0.39, 0.29) is 49.1 Å². The Labute approximate surface area is 295 Å². The van der Waals surface area contributed by atoms with Gasteiger partial charge in [0.05, 0.1) is 39.3 Å². The van der Waals surface area contributed by atoms with Gasteiger partial charge in [0.25, 0.3) is 0 Å². The van der Waals surface area contributed by atoms with Crippen molar-refractivity contribution in [1.29, 1.82) is 0 Å². The number of aryl methyl sites for hydroxylation is 2. The third-order valence-corrected chi connectivity index (χ3v) is 7.91. The molecule has 0 spiro atoms. The van der Waals surface area contributed by atoms with Gasteiger partial charge in [0.15, 0.2) is 35.2 Å². The summed E-state index contributed by atoms with van der Waals surface area (Å²) in [7, 11) is 3.01. The van der Waals surface area contributed by atoms with Crippen molar-refractivity contribution in [3.63, 3.8) is 0 Å². The first kappa shape index (κ1) is 40.0. The van der Waals surface area contributed by atoms with Crippen LogP contribution in [0.3, 0.4) is 0 Å². The molecule has 3 aromatic rings. The van der Waals surface area contributed by atoms with E-state index >= 15 is 0 Å². The fourth-order valence-electron chi connectivity index (χ4n) is 5.34. The van der Waals surface area contributed by atoms with Crippen LogP contribution in [-0.4, -0.2) is 69.4 Å². The molecule has 0 amide bonds. The van der Waals surface area contributed by atoms with E-state index < -0.39 is 24.3 Å². The topological polar surface area (TPSA) is 128 Å². The van der Waals surface area contributed by atoms with Crippen molar-refractivity contribution >= 4 is 11.9 Å². The summed E-state index contributed by atoms with van der Waals surface area (Å²) in [5.41, 5.74) is 2.88. The van der Waals surface area contributed by atoms with Gasteiger partial charge in [0.2, 0.25) is 0 Å². The van der Waals surface area contributed by atoms with Crippen LogP contribution >= 0.6 is 0 Å². The van der Waals surface area contributed by atoms with E-state index in [1.807, 2.05) is 52.0 Å². The van der Waals surface area contributed by atoms with Gasteiger partial charge >= 0.3 is 11.9 Å². The monoisotopic (exact) mass is 696 g/mol. The average molecular weight is 697 g/mol. The molecule has 1 N–H and O–H groups in total. The number of methoxy groups -OCH3 is 2. The van der Waals surface area contributed by atoms with Crippen LogP contribution in [-0.2, 0) is 28.5 Å². The number of hydrogen-bond donors (Lipinski definition) is 1. The molecule has 0 radical (unpaired) electrons. The van der Waals surface area contributed by atoms with Crippen molar-refractivity contribution in [2.45, 2.75) is 91.8 Å². The molecule has 5 atom stereocenters. The molecule has 0 aromatic heterocycles. The van der Waals surface area contributed by atoms with E-state index in [0.29, 0.717) is 41.6 Å². The second kappa shape index (κ2) is 19.6. The van der Waals surface area contributed by atoms with Gasteiger partial charge in [-0.2, -0.15) is 0 Å². The van der Waals surface area contributed by atoms with E-state index in [1.165, 1.54) is 7.11 Å². The van der Waals surface area contributed by atoms with Crippen molar-refractivity contribution in [1.82, 2.24) is 0 Å². The SMILES string of the molecule is CCOC(C)CC(=O)OCC(Oc1ccc(C)cc1OC)C(Oc1ccc(C(C)OC(=O)CC(C)OCC)cc1)c1cc(C)c(O)c(OC)c1. The summed E-state index contributed by atoms with van der Waals surface area (Å²) in [5, 5.41) is 10.6. The zero-order valence-electron chi connectivity index (χ0n) is 30.6. The second-order valence-electron chi connectivity index (χ2n) is 12.1. The minimum atomic E-state index is -0.904. The van der Waals surface area contributed by atoms with Crippen molar-refractivity contribution in [2.24, 2.45) is 0 Å². The van der Waals surface area contributed by atoms with Crippen LogP contribution in [0.1, 0.15) is 81.9 Å². The first-order chi connectivity index (χ1) is 23.9. The van der Waals surface area contributed by atoms with Crippen molar-refractivity contribution in [3.8, 4) is 28.7 Å². The van der Waals surface area contributed by atoms with Gasteiger partial charge in [-0.25, -0.2) is 0 Å². The van der Waals surface area contributed by atoms with Crippen LogP contribution in [0.15, 0.2) is 54.6 Å². The zero-order chi connectivity index (χ0) is 36.8. The van der Waals surface area contributed by atoms with E-state index in [4.69, 9.17) is 37.9 Å². The highest BCUT2D eigenvalue weighted by atomic mass is 16.6. The second-order valence-corrected chi connectivity index (χ2v) is 12.1. The lowest BCUT2D eigenvalue weighted by molar-refractivity contribution is -0.152. The third kappa shape index (κ3) is 11.8. The first-order valence-corrected chi connectivity index (χ1v) is 16.9. The standard InChI is InChI=1S/C39H52O11/c1-10-45-26(5)20-36(40)47-23-35(50-32-17-12-24(3)18-33(32)43-8)39(30-19-25(4)38(42)34(22-30)44-9)49-31-15-13-29(14-16-31)28(7)48-37(41)21-27(6)46-11-2/h12-19,22,26-28,35,39,42H,10-11,20-21,23H2,1-9H3. The van der Waals surface area contributed by atoms with E-state index in [1.54, 1.807) is 58.2 Å². The number of aromatic hydroxyl groups is 1. The lowest BCUT2D eigenvalue weighted by Crippen LogP contribution is -2.35. The van der Waals surface area contributed by atoms with Gasteiger partial charge < -0.3 is 43.0 Å². The average Bonchev–Trinajstić information content (AvgIpc) is 3.07. The number of phenolic OH excluding ortho intramolecular Hbond substituents is 1. The summed E-state index contributed by atoms with van der Waals surface area (Å²) < 4.78 is 46.7. The Morgan fingerprint density at radius 2 is 1.34 bits per heavy atom. The smallest absolute Gasteiger partial charge is 0.309 e. The van der Waals surface area contributed by atoms with Crippen LogP contribution in [0.2, 0.25) is 0 Å². The lowest BCUT2D eigenvalue weighted by Gasteiger charge is -2.30. The number of phenols is 1. The van der Waals surface area contributed by atoms with Gasteiger partial charge in [-0.1, -0.05) is 18.2 Å². The van der Waals surface area contributed by atoms with Crippen molar-refractivity contribution in [3.05, 3.63) is 76.9 Å². The van der Waals surface area contributed by atoms with Crippen molar-refractivity contribution < 1.29 is 52.6 Å². The zero-order valence-corrected chi connectivity index (χ0v) is 30.6. The van der Waals surface area contributed by atoms with E-state index in [0.717, 1.165) is 11.1 Å². The Morgan fingerprint density at radius 3 is 1.94 bits per heavy atom. The molecule has 11 heteroatoms. The van der Waals surface area contributed by atoms with Gasteiger partial charge in [0.1, 0.15) is 18.5 Å². The van der Waals surface area contributed by atoms with Gasteiger partial charge in [-0.15, -0.1) is 0 Å². The molecule has 0 saturated heterocycles. The molecular formula is C39H52O11. The van der Waals surface area contributed by atoms with Gasteiger partial charge in [-0.05, 0) is 102 Å². The number of esters is 2. The molecule has 0 fully saturated rings. The number of rotatable bonds is 20. The van der Waals surface area contributed by atoms with E-state index in [9.17, 15) is 14.7 Å². The largest absolute Gasteiger partial charge is 0.504 e. The van der Waals surface area contributed by atoms with Crippen LogP contribution in [0.25, 0.3) is 0 Å². The maximum Gasteiger partial charge on any atom is 0.309 e. The molecule has 0 saturated carbocycles. The summed E-state index contributed by atoms with van der Waals surface area (Å²) in [6.45, 7) is 13.7. The fraction of sp³-hybridized carbons (Fsp3) is 0.487. The predicted molar refractivity (Wildman–Crippen MR) is 188 cm³/mol. The van der Waals surface area contributed by atoms with Crippen LogP contribution < -0.4 is 18.9 Å². The maximum atomic E-state index is 12.9. The van der Waals surface area contributed by atoms with Gasteiger partial charge in [-0.3, -0.25) is 9.59 Å². The molecule has 3 aromatic carbocycles. The van der Waals surface area contributed by atoms with Crippen molar-refractivity contribution in [2.75, 3.05) is 34.0 Å². The maximum absolute atomic E-state index is 12.9. The highest BCUT2D eigenvalue weighted by molar-refractivity contribution is 5.70. The summed E-state index contributed by atoms with van der Waals surface area (Å²) in [4.78, 5) is 25.4. The highest BCUT2D eigenvalue weighted by Crippen LogP contribution is 2.38. The number of carbonyl (C=O) groups excluding carboxylic acids is 2. The minimum Gasteiger partial charge on any atom is -0.504 e. The normalized spacial score (nSPS) is 14.1. The highest BCUT2D eigenvalue weighted by Gasteiger charge is 2.32. The molecule has 50 heavy (non-hydrogen) atoms. The molecule has 3 rings (SSSR count). The Bertz CT molecular complexity index is 1520. The summed E-state index contributed by atoms with van der Waals surface area (Å²) in [6.07, 6.45) is -2.65. The molecule has 0 aliphatic carbocycles. The van der Waals surface area contributed by atoms with Crippen LogP contribution in [0.4, 0.5) is 0 Å². The minimum absolute atomic E-state index is 0.00690. The van der Waals surface area contributed by atoms with Crippen LogP contribution in [0.5, 0.6) is 28.7 Å². The summed E-state index contributed by atoms with van der Waals surface area (Å²) in [6, 6.07) is 16.1. The van der Waals surface area contributed by atoms with E-state index in [2.05, 4.69) is 0 Å². The summed E-state index contributed by atoms with van der Waals surface area (Å²) >= 11 is 0. The lowest BCUT2D eigenvalue weighted by atomic mass is 10.0. The Balaban J connectivity index is 1.99. The Kier molecular flexibility index (Phi) is 15.7.